The zero-order chi connectivity index (χ0) is 13.8. The van der Waals surface area contributed by atoms with Crippen molar-refractivity contribution in [2.45, 2.75) is 24.8 Å². The molecule has 5 heteroatoms. The summed E-state index contributed by atoms with van der Waals surface area (Å²) in [7, 11) is 0. The average molecular weight is 294 g/mol. The molecule has 2 heterocycles. The van der Waals surface area contributed by atoms with Gasteiger partial charge in [-0.15, -0.1) is 0 Å². The van der Waals surface area contributed by atoms with Crippen LogP contribution >= 0.6 is 11.8 Å². The largest absolute Gasteiger partial charge is 0.381 e. The van der Waals surface area contributed by atoms with Crippen molar-refractivity contribution in [1.29, 1.82) is 0 Å². The third-order valence-corrected chi connectivity index (χ3v) is 5.08. The highest BCUT2D eigenvalue weighted by molar-refractivity contribution is 8.14. The Balaban J connectivity index is 1.51. The van der Waals surface area contributed by atoms with Crippen molar-refractivity contribution in [3.05, 3.63) is 35.6 Å². The van der Waals surface area contributed by atoms with Crippen LogP contribution in [0, 0.1) is 5.82 Å². The van der Waals surface area contributed by atoms with Crippen LogP contribution < -0.4 is 5.32 Å². The van der Waals surface area contributed by atoms with Crippen LogP contribution in [0.2, 0.25) is 0 Å². The molecule has 0 atom stereocenters. The molecule has 1 N–H and O–H groups in total. The Morgan fingerprint density at radius 1 is 1.25 bits per heavy atom. The van der Waals surface area contributed by atoms with E-state index in [1.165, 1.54) is 12.1 Å². The minimum absolute atomic E-state index is 0.186. The SMILES string of the molecule is Fc1ccc(CCN=C2NC3(CCOCC3)CS2)cc1. The zero-order valence-electron chi connectivity index (χ0n) is 11.4. The lowest BCUT2D eigenvalue weighted by Crippen LogP contribution is -2.48. The first-order valence-corrected chi connectivity index (χ1v) is 8.02. The van der Waals surface area contributed by atoms with Crippen molar-refractivity contribution in [2.75, 3.05) is 25.5 Å². The molecule has 1 aromatic carbocycles. The molecular weight excluding hydrogens is 275 g/mol. The predicted molar refractivity (Wildman–Crippen MR) is 80.8 cm³/mol. The Hall–Kier alpha value is -1.07. The fourth-order valence-corrected chi connectivity index (χ4v) is 3.80. The van der Waals surface area contributed by atoms with Gasteiger partial charge in [-0.25, -0.2) is 4.39 Å². The summed E-state index contributed by atoms with van der Waals surface area (Å²) in [6.45, 7) is 2.43. The third-order valence-electron chi connectivity index (χ3n) is 3.88. The van der Waals surface area contributed by atoms with Crippen molar-refractivity contribution >= 4 is 16.9 Å². The number of thioether (sulfide) groups is 1. The number of rotatable bonds is 3. The molecule has 0 radical (unpaired) electrons. The summed E-state index contributed by atoms with van der Waals surface area (Å²) in [6, 6.07) is 6.65. The summed E-state index contributed by atoms with van der Waals surface area (Å²) < 4.78 is 18.2. The van der Waals surface area contributed by atoms with E-state index in [-0.39, 0.29) is 11.4 Å². The highest BCUT2D eigenvalue weighted by Gasteiger charge is 2.38. The molecule has 20 heavy (non-hydrogen) atoms. The molecular formula is C15H19FN2OS. The fraction of sp³-hybridized carbons (Fsp3) is 0.533. The molecule has 2 aliphatic rings. The van der Waals surface area contributed by atoms with Gasteiger partial charge in [-0.1, -0.05) is 23.9 Å². The van der Waals surface area contributed by atoms with Crippen LogP contribution in [0.4, 0.5) is 4.39 Å². The number of hydrogen-bond acceptors (Lipinski definition) is 3. The molecule has 1 aromatic rings. The molecule has 0 bridgehead atoms. The van der Waals surface area contributed by atoms with Gasteiger partial charge in [0.05, 0.1) is 5.54 Å². The number of aliphatic imine (C=N–C) groups is 1. The van der Waals surface area contributed by atoms with Gasteiger partial charge < -0.3 is 10.1 Å². The Morgan fingerprint density at radius 2 is 2.00 bits per heavy atom. The van der Waals surface area contributed by atoms with Crippen LogP contribution in [0.5, 0.6) is 0 Å². The average Bonchev–Trinajstić information content (AvgIpc) is 2.85. The van der Waals surface area contributed by atoms with E-state index in [1.807, 2.05) is 23.9 Å². The molecule has 108 valence electrons. The van der Waals surface area contributed by atoms with Gasteiger partial charge in [-0.2, -0.15) is 0 Å². The van der Waals surface area contributed by atoms with E-state index in [0.29, 0.717) is 0 Å². The Labute approximate surface area is 123 Å². The van der Waals surface area contributed by atoms with Crippen LogP contribution in [0.3, 0.4) is 0 Å². The van der Waals surface area contributed by atoms with Gasteiger partial charge in [0.1, 0.15) is 5.82 Å². The topological polar surface area (TPSA) is 33.6 Å². The standard InChI is InChI=1S/C15H19FN2OS/c16-13-3-1-12(2-4-13)5-8-17-14-18-15(11-20-14)6-9-19-10-7-15/h1-4H,5-11H2,(H,17,18). The predicted octanol–water partition coefficient (Wildman–Crippen LogP) is 2.61. The molecule has 1 spiro atoms. The molecule has 0 aromatic heterocycles. The van der Waals surface area contributed by atoms with Crippen LogP contribution in [0.25, 0.3) is 0 Å². The zero-order valence-corrected chi connectivity index (χ0v) is 12.2. The van der Waals surface area contributed by atoms with Crippen LogP contribution in [-0.2, 0) is 11.2 Å². The molecule has 3 nitrogen and oxygen atoms in total. The normalized spacial score (nSPS) is 23.1. The number of amidine groups is 1. The first-order valence-electron chi connectivity index (χ1n) is 7.03. The highest BCUT2D eigenvalue weighted by Crippen LogP contribution is 2.31. The van der Waals surface area contributed by atoms with Crippen molar-refractivity contribution in [2.24, 2.45) is 4.99 Å². The number of benzene rings is 1. The van der Waals surface area contributed by atoms with Crippen LogP contribution in [-0.4, -0.2) is 36.2 Å². The van der Waals surface area contributed by atoms with E-state index < -0.39 is 0 Å². The second-order valence-electron chi connectivity index (χ2n) is 5.37. The van der Waals surface area contributed by atoms with E-state index in [0.717, 1.165) is 55.5 Å². The highest BCUT2D eigenvalue weighted by atomic mass is 32.2. The summed E-state index contributed by atoms with van der Waals surface area (Å²) in [5.74, 6) is 0.903. The molecule has 0 saturated carbocycles. The maximum Gasteiger partial charge on any atom is 0.157 e. The fourth-order valence-electron chi connectivity index (χ4n) is 2.56. The van der Waals surface area contributed by atoms with Gasteiger partial charge in [0.15, 0.2) is 5.17 Å². The van der Waals surface area contributed by atoms with E-state index in [1.54, 1.807) is 0 Å². The smallest absolute Gasteiger partial charge is 0.157 e. The van der Waals surface area contributed by atoms with Crippen LogP contribution in [0.15, 0.2) is 29.3 Å². The van der Waals surface area contributed by atoms with E-state index in [2.05, 4.69) is 10.3 Å². The lowest BCUT2D eigenvalue weighted by Gasteiger charge is -2.32. The Kier molecular flexibility index (Phi) is 4.27. The maximum absolute atomic E-state index is 12.8. The lowest BCUT2D eigenvalue weighted by molar-refractivity contribution is 0.0555. The Bertz CT molecular complexity index is 483. The van der Waals surface area contributed by atoms with Gasteiger partial charge in [-0.05, 0) is 37.0 Å². The summed E-state index contributed by atoms with van der Waals surface area (Å²) in [5.41, 5.74) is 1.33. The lowest BCUT2D eigenvalue weighted by atomic mass is 9.93. The van der Waals surface area contributed by atoms with Gasteiger partial charge in [0, 0.05) is 25.5 Å². The van der Waals surface area contributed by atoms with Gasteiger partial charge in [0.2, 0.25) is 0 Å². The summed E-state index contributed by atoms with van der Waals surface area (Å²) in [4.78, 5) is 4.62. The van der Waals surface area contributed by atoms with Gasteiger partial charge in [-0.3, -0.25) is 4.99 Å². The van der Waals surface area contributed by atoms with E-state index >= 15 is 0 Å². The van der Waals surface area contributed by atoms with Crippen LogP contribution in [0.1, 0.15) is 18.4 Å². The third kappa shape index (κ3) is 3.33. The second-order valence-corrected chi connectivity index (χ2v) is 6.33. The molecule has 0 unspecified atom stereocenters. The number of nitrogens with one attached hydrogen (secondary N) is 1. The van der Waals surface area contributed by atoms with Gasteiger partial charge in [0.25, 0.3) is 0 Å². The second kappa shape index (κ2) is 6.14. The molecule has 2 fully saturated rings. The monoisotopic (exact) mass is 294 g/mol. The number of nitrogens with zero attached hydrogens (tertiary/aromatic N) is 1. The maximum atomic E-state index is 12.8. The number of hydrogen-bond donors (Lipinski definition) is 1. The first kappa shape index (κ1) is 13.9. The van der Waals surface area contributed by atoms with E-state index in [4.69, 9.17) is 4.74 Å². The first-order chi connectivity index (χ1) is 9.76. The minimum atomic E-state index is -0.186. The minimum Gasteiger partial charge on any atom is -0.381 e. The summed E-state index contributed by atoms with van der Waals surface area (Å²) in [5, 5.41) is 4.62. The molecule has 0 aliphatic carbocycles. The molecule has 0 amide bonds. The number of ether oxygens (including phenoxy) is 1. The molecule has 3 rings (SSSR count). The van der Waals surface area contributed by atoms with Gasteiger partial charge >= 0.3 is 0 Å². The summed E-state index contributed by atoms with van der Waals surface area (Å²) >= 11 is 1.81. The quantitative estimate of drug-likeness (QED) is 0.930. The molecule has 2 aliphatic heterocycles. The van der Waals surface area contributed by atoms with Crippen molar-refractivity contribution in [1.82, 2.24) is 5.32 Å². The van der Waals surface area contributed by atoms with Crippen molar-refractivity contribution in [3.63, 3.8) is 0 Å². The molecule has 2 saturated heterocycles. The van der Waals surface area contributed by atoms with Crippen molar-refractivity contribution < 1.29 is 9.13 Å². The number of halogens is 1. The van der Waals surface area contributed by atoms with E-state index in [9.17, 15) is 4.39 Å². The Morgan fingerprint density at radius 3 is 2.75 bits per heavy atom. The summed E-state index contributed by atoms with van der Waals surface area (Å²) in [6.07, 6.45) is 2.98. The van der Waals surface area contributed by atoms with Crippen molar-refractivity contribution in [3.8, 4) is 0 Å².